The lowest BCUT2D eigenvalue weighted by molar-refractivity contribution is -0.156. The van der Waals surface area contributed by atoms with Gasteiger partial charge in [-0.15, -0.1) is 0 Å². The number of carbonyl (C=O) groups is 3. The first kappa shape index (κ1) is 24.0. The number of rotatable bonds is 8. The molecule has 0 fully saturated rings. The van der Waals surface area contributed by atoms with Crippen molar-refractivity contribution in [1.29, 1.82) is 0 Å². The molecule has 3 rings (SSSR count). The Hall–Kier alpha value is -3.64. The molecular formula is C26H25ClN2O4. The molecule has 0 unspecified atom stereocenters. The zero-order chi connectivity index (χ0) is 23.8. The second-order valence-corrected chi connectivity index (χ2v) is 7.92. The molecular weight excluding hydrogens is 440 g/mol. The van der Waals surface area contributed by atoms with E-state index in [1.165, 1.54) is 13.8 Å². The van der Waals surface area contributed by atoms with E-state index in [0.717, 1.165) is 11.1 Å². The fourth-order valence-corrected chi connectivity index (χ4v) is 3.44. The van der Waals surface area contributed by atoms with Crippen LogP contribution in [0.5, 0.6) is 0 Å². The lowest BCUT2D eigenvalue weighted by Crippen LogP contribution is -2.44. The number of halogens is 1. The van der Waals surface area contributed by atoms with Gasteiger partial charge < -0.3 is 15.4 Å². The van der Waals surface area contributed by atoms with E-state index >= 15 is 0 Å². The van der Waals surface area contributed by atoms with Gasteiger partial charge in [-0.1, -0.05) is 84.4 Å². The van der Waals surface area contributed by atoms with Crippen molar-refractivity contribution in [3.8, 4) is 0 Å². The summed E-state index contributed by atoms with van der Waals surface area (Å²) in [6.07, 6.45) is -1.06. The Morgan fingerprint density at radius 3 is 1.82 bits per heavy atom. The molecule has 0 bridgehead atoms. The van der Waals surface area contributed by atoms with Crippen LogP contribution in [-0.2, 0) is 14.3 Å². The number of hydrogen-bond donors (Lipinski definition) is 2. The van der Waals surface area contributed by atoms with Crippen molar-refractivity contribution in [2.75, 3.05) is 0 Å². The van der Waals surface area contributed by atoms with Crippen LogP contribution in [0.15, 0.2) is 84.9 Å². The summed E-state index contributed by atoms with van der Waals surface area (Å²) in [4.78, 5) is 37.7. The van der Waals surface area contributed by atoms with E-state index in [9.17, 15) is 14.4 Å². The molecule has 0 aliphatic carbocycles. The Bertz CT molecular complexity index is 1070. The molecule has 0 spiro atoms. The van der Waals surface area contributed by atoms with Crippen LogP contribution < -0.4 is 10.6 Å². The topological polar surface area (TPSA) is 84.5 Å². The van der Waals surface area contributed by atoms with Gasteiger partial charge >= 0.3 is 5.97 Å². The molecule has 6 nitrogen and oxygen atoms in total. The second-order valence-electron chi connectivity index (χ2n) is 7.52. The summed E-state index contributed by atoms with van der Waals surface area (Å²) in [7, 11) is 0. The lowest BCUT2D eigenvalue weighted by Gasteiger charge is -2.23. The molecule has 0 aromatic heterocycles. The van der Waals surface area contributed by atoms with Crippen LogP contribution >= 0.6 is 11.6 Å². The van der Waals surface area contributed by atoms with Gasteiger partial charge in [0.1, 0.15) is 6.04 Å². The highest BCUT2D eigenvalue weighted by atomic mass is 35.5. The summed E-state index contributed by atoms with van der Waals surface area (Å²) >= 11 is 6.03. The van der Waals surface area contributed by atoms with Crippen LogP contribution in [-0.4, -0.2) is 29.9 Å². The van der Waals surface area contributed by atoms with Gasteiger partial charge in [0.05, 0.1) is 16.6 Å². The van der Waals surface area contributed by atoms with Crippen LogP contribution in [0.3, 0.4) is 0 Å². The van der Waals surface area contributed by atoms with E-state index in [2.05, 4.69) is 10.6 Å². The van der Waals surface area contributed by atoms with Gasteiger partial charge in [0.2, 0.25) is 0 Å². The van der Waals surface area contributed by atoms with E-state index < -0.39 is 36.0 Å². The largest absolute Gasteiger partial charge is 0.451 e. The van der Waals surface area contributed by atoms with Gasteiger partial charge in [0, 0.05) is 0 Å². The maximum atomic E-state index is 12.9. The molecule has 170 valence electrons. The number of nitrogens with one attached hydrogen (secondary N) is 2. The average Bonchev–Trinajstić information content (AvgIpc) is 2.83. The van der Waals surface area contributed by atoms with Crippen LogP contribution in [0, 0.1) is 0 Å². The minimum absolute atomic E-state index is 0.248. The second kappa shape index (κ2) is 11.3. The molecule has 0 radical (unpaired) electrons. The molecule has 0 aliphatic heterocycles. The monoisotopic (exact) mass is 464 g/mol. The predicted molar refractivity (Wildman–Crippen MR) is 127 cm³/mol. The summed E-state index contributed by atoms with van der Waals surface area (Å²) in [6, 6.07) is 24.2. The Labute approximate surface area is 197 Å². The van der Waals surface area contributed by atoms with Crippen molar-refractivity contribution < 1.29 is 19.1 Å². The fourth-order valence-electron chi connectivity index (χ4n) is 3.22. The van der Waals surface area contributed by atoms with Crippen LogP contribution in [0.4, 0.5) is 0 Å². The SMILES string of the molecule is C[C@@H](NC(=O)c1ccccc1Cl)C(=O)O[C@H](C)C(=O)NC(c1ccccc1)c1ccccc1. The van der Waals surface area contributed by atoms with Gasteiger partial charge in [0.25, 0.3) is 11.8 Å². The highest BCUT2D eigenvalue weighted by molar-refractivity contribution is 6.33. The van der Waals surface area contributed by atoms with E-state index in [-0.39, 0.29) is 10.6 Å². The van der Waals surface area contributed by atoms with Gasteiger partial charge in [-0.3, -0.25) is 9.59 Å². The number of ether oxygens (including phenoxy) is 1. The normalized spacial score (nSPS) is 12.5. The Balaban J connectivity index is 1.63. The Morgan fingerprint density at radius 2 is 1.27 bits per heavy atom. The first-order valence-corrected chi connectivity index (χ1v) is 10.9. The minimum Gasteiger partial charge on any atom is -0.451 e. The lowest BCUT2D eigenvalue weighted by atomic mass is 9.98. The summed E-state index contributed by atoms with van der Waals surface area (Å²) in [5.41, 5.74) is 2.05. The number of amides is 2. The Kier molecular flexibility index (Phi) is 8.22. The van der Waals surface area contributed by atoms with Gasteiger partial charge in [-0.05, 0) is 37.1 Å². The summed E-state index contributed by atoms with van der Waals surface area (Å²) in [6.45, 7) is 2.97. The molecule has 0 saturated heterocycles. The molecule has 7 heteroatoms. The molecule has 3 aromatic rings. The molecule has 2 atom stereocenters. The molecule has 0 heterocycles. The van der Waals surface area contributed by atoms with Gasteiger partial charge in [-0.2, -0.15) is 0 Å². The maximum Gasteiger partial charge on any atom is 0.329 e. The van der Waals surface area contributed by atoms with E-state index in [4.69, 9.17) is 16.3 Å². The van der Waals surface area contributed by atoms with Gasteiger partial charge in [0.15, 0.2) is 6.10 Å². The average molecular weight is 465 g/mol. The van der Waals surface area contributed by atoms with E-state index in [1.54, 1.807) is 24.3 Å². The molecule has 2 N–H and O–H groups in total. The molecule has 0 saturated carbocycles. The van der Waals surface area contributed by atoms with Crippen molar-refractivity contribution in [2.45, 2.75) is 32.0 Å². The Morgan fingerprint density at radius 1 is 0.758 bits per heavy atom. The van der Waals surface area contributed by atoms with Crippen molar-refractivity contribution in [3.63, 3.8) is 0 Å². The third-order valence-corrected chi connectivity index (χ3v) is 5.36. The third kappa shape index (κ3) is 6.43. The number of benzene rings is 3. The number of hydrogen-bond acceptors (Lipinski definition) is 4. The van der Waals surface area contributed by atoms with E-state index in [0.29, 0.717) is 0 Å². The van der Waals surface area contributed by atoms with Crippen LogP contribution in [0.1, 0.15) is 41.4 Å². The third-order valence-electron chi connectivity index (χ3n) is 5.03. The predicted octanol–water partition coefficient (Wildman–Crippen LogP) is 4.30. The summed E-state index contributed by atoms with van der Waals surface area (Å²) < 4.78 is 5.31. The van der Waals surface area contributed by atoms with Crippen molar-refractivity contribution in [1.82, 2.24) is 10.6 Å². The quantitative estimate of drug-likeness (QED) is 0.487. The first-order chi connectivity index (χ1) is 15.9. The van der Waals surface area contributed by atoms with E-state index in [1.807, 2.05) is 60.7 Å². The smallest absolute Gasteiger partial charge is 0.329 e. The number of esters is 1. The minimum atomic E-state index is -1.06. The number of carbonyl (C=O) groups excluding carboxylic acids is 3. The summed E-state index contributed by atoms with van der Waals surface area (Å²) in [5.74, 6) is -1.69. The molecule has 3 aromatic carbocycles. The molecule has 2 amide bonds. The molecule has 33 heavy (non-hydrogen) atoms. The zero-order valence-corrected chi connectivity index (χ0v) is 19.1. The molecule has 0 aliphatic rings. The van der Waals surface area contributed by atoms with Crippen molar-refractivity contribution in [2.24, 2.45) is 0 Å². The first-order valence-electron chi connectivity index (χ1n) is 10.5. The fraction of sp³-hybridized carbons (Fsp3) is 0.192. The van der Waals surface area contributed by atoms with Crippen molar-refractivity contribution in [3.05, 3.63) is 107 Å². The zero-order valence-electron chi connectivity index (χ0n) is 18.3. The van der Waals surface area contributed by atoms with Crippen molar-refractivity contribution >= 4 is 29.4 Å². The van der Waals surface area contributed by atoms with Crippen LogP contribution in [0.2, 0.25) is 5.02 Å². The standard InChI is InChI=1S/C26H25ClN2O4/c1-17(28-25(31)21-15-9-10-16-22(21)27)26(32)33-18(2)24(30)29-23(19-11-5-3-6-12-19)20-13-7-4-8-14-20/h3-18,23H,1-2H3,(H,28,31)(H,29,30)/t17-,18-/m1/s1. The summed E-state index contributed by atoms with van der Waals surface area (Å²) in [5, 5.41) is 5.76. The highest BCUT2D eigenvalue weighted by Gasteiger charge is 2.26. The van der Waals surface area contributed by atoms with Crippen LogP contribution in [0.25, 0.3) is 0 Å². The highest BCUT2D eigenvalue weighted by Crippen LogP contribution is 2.22. The maximum absolute atomic E-state index is 12.9. The van der Waals surface area contributed by atoms with Gasteiger partial charge in [-0.25, -0.2) is 4.79 Å².